The van der Waals surface area contributed by atoms with Crippen molar-refractivity contribution in [1.29, 1.82) is 0 Å². The maximum Gasteiger partial charge on any atom is 0.0925 e. The van der Waals surface area contributed by atoms with Crippen LogP contribution in [0.2, 0.25) is 0 Å². The minimum absolute atomic E-state index is 0.796. The van der Waals surface area contributed by atoms with Crippen molar-refractivity contribution in [3.8, 4) is 0 Å². The average Bonchev–Trinajstić information content (AvgIpc) is 2.76. The van der Waals surface area contributed by atoms with Gasteiger partial charge in [-0.2, -0.15) is 0 Å². The number of imidazole rings is 1. The molecular weight excluding hydrogens is 224 g/mol. The molecule has 1 aromatic carbocycles. The Balaban J connectivity index is 1.85. The molecular formula is C14H20N4. The molecule has 0 saturated carbocycles. The first kappa shape index (κ1) is 12.6. The Morgan fingerprint density at radius 2 is 1.89 bits per heavy atom. The summed E-state index contributed by atoms with van der Waals surface area (Å²) < 4.78 is 0. The maximum atomic E-state index is 4.26. The van der Waals surface area contributed by atoms with Crippen molar-refractivity contribution < 1.29 is 0 Å². The van der Waals surface area contributed by atoms with Crippen LogP contribution in [0, 0.1) is 6.92 Å². The second-order valence-corrected chi connectivity index (χ2v) is 4.64. The molecule has 0 unspecified atom stereocenters. The molecule has 0 saturated heterocycles. The molecule has 2 aromatic rings. The summed E-state index contributed by atoms with van der Waals surface area (Å²) in [6.45, 7) is 3.70. The Bertz CT molecular complexity index is 485. The van der Waals surface area contributed by atoms with Gasteiger partial charge in [-0.3, -0.25) is 0 Å². The van der Waals surface area contributed by atoms with Crippen LogP contribution in [0.15, 0.2) is 30.6 Å². The van der Waals surface area contributed by atoms with Crippen molar-refractivity contribution in [2.45, 2.75) is 20.0 Å². The van der Waals surface area contributed by atoms with E-state index in [0.29, 0.717) is 0 Å². The molecule has 0 aliphatic carbocycles. The minimum Gasteiger partial charge on any atom is -0.378 e. The van der Waals surface area contributed by atoms with Gasteiger partial charge >= 0.3 is 0 Å². The molecule has 0 aliphatic heterocycles. The van der Waals surface area contributed by atoms with E-state index < -0.39 is 0 Å². The monoisotopic (exact) mass is 244 g/mol. The molecule has 0 atom stereocenters. The third kappa shape index (κ3) is 3.11. The quantitative estimate of drug-likeness (QED) is 0.846. The molecule has 96 valence electrons. The Kier molecular flexibility index (Phi) is 3.99. The molecule has 2 rings (SSSR count). The summed E-state index contributed by atoms with van der Waals surface area (Å²) in [6.07, 6.45) is 1.73. The number of aromatic nitrogens is 2. The highest BCUT2D eigenvalue weighted by atomic mass is 15.1. The lowest BCUT2D eigenvalue weighted by molar-refractivity contribution is 0.679. The van der Waals surface area contributed by atoms with Gasteiger partial charge in [0.2, 0.25) is 0 Å². The zero-order chi connectivity index (χ0) is 13.0. The predicted octanol–water partition coefficient (Wildman–Crippen LogP) is 2.07. The van der Waals surface area contributed by atoms with Crippen LogP contribution < -0.4 is 10.2 Å². The smallest absolute Gasteiger partial charge is 0.0925 e. The zero-order valence-electron chi connectivity index (χ0n) is 11.2. The van der Waals surface area contributed by atoms with Crippen molar-refractivity contribution in [3.63, 3.8) is 0 Å². The Hall–Kier alpha value is -1.81. The first-order valence-electron chi connectivity index (χ1n) is 6.12. The summed E-state index contributed by atoms with van der Waals surface area (Å²) in [5.74, 6) is 0. The van der Waals surface area contributed by atoms with Crippen LogP contribution in [0.5, 0.6) is 0 Å². The number of benzene rings is 1. The normalized spacial score (nSPS) is 10.6. The molecule has 0 fully saturated rings. The van der Waals surface area contributed by atoms with E-state index in [-0.39, 0.29) is 0 Å². The summed E-state index contributed by atoms with van der Waals surface area (Å²) in [5, 5.41) is 3.40. The van der Waals surface area contributed by atoms with Crippen LogP contribution in [0.25, 0.3) is 0 Å². The molecule has 2 N–H and O–H groups in total. The molecule has 4 nitrogen and oxygen atoms in total. The highest BCUT2D eigenvalue weighted by Crippen LogP contribution is 2.12. The number of aromatic amines is 1. The standard InChI is InChI=1S/C14H20N4/c1-11-14(17-10-16-11)9-15-8-12-4-6-13(7-5-12)18(2)3/h4-7,10,15H,8-9H2,1-3H3,(H,16,17). The van der Waals surface area contributed by atoms with Crippen molar-refractivity contribution in [2.75, 3.05) is 19.0 Å². The minimum atomic E-state index is 0.796. The van der Waals surface area contributed by atoms with Crippen LogP contribution >= 0.6 is 0 Å². The number of nitrogens with one attached hydrogen (secondary N) is 2. The summed E-state index contributed by atoms with van der Waals surface area (Å²) >= 11 is 0. The van der Waals surface area contributed by atoms with E-state index in [1.54, 1.807) is 6.33 Å². The fourth-order valence-corrected chi connectivity index (χ4v) is 1.80. The van der Waals surface area contributed by atoms with E-state index in [9.17, 15) is 0 Å². The van der Waals surface area contributed by atoms with Crippen LogP contribution in [-0.2, 0) is 13.1 Å². The Morgan fingerprint density at radius 1 is 1.17 bits per heavy atom. The molecule has 18 heavy (non-hydrogen) atoms. The van der Waals surface area contributed by atoms with E-state index in [2.05, 4.69) is 44.5 Å². The largest absolute Gasteiger partial charge is 0.378 e. The number of hydrogen-bond acceptors (Lipinski definition) is 3. The fraction of sp³-hybridized carbons (Fsp3) is 0.357. The summed E-state index contributed by atoms with van der Waals surface area (Å²) in [7, 11) is 4.10. The van der Waals surface area contributed by atoms with E-state index in [4.69, 9.17) is 0 Å². The number of hydrogen-bond donors (Lipinski definition) is 2. The Morgan fingerprint density at radius 3 is 2.44 bits per heavy atom. The van der Waals surface area contributed by atoms with Crippen molar-refractivity contribution in [2.24, 2.45) is 0 Å². The van der Waals surface area contributed by atoms with Gasteiger partial charge in [0, 0.05) is 38.6 Å². The molecule has 4 heteroatoms. The zero-order valence-corrected chi connectivity index (χ0v) is 11.2. The highest BCUT2D eigenvalue weighted by molar-refractivity contribution is 5.45. The van der Waals surface area contributed by atoms with Crippen LogP contribution in [-0.4, -0.2) is 24.1 Å². The van der Waals surface area contributed by atoms with Gasteiger partial charge in [0.1, 0.15) is 0 Å². The van der Waals surface area contributed by atoms with Crippen molar-refractivity contribution >= 4 is 5.69 Å². The summed E-state index contributed by atoms with van der Waals surface area (Å²) in [4.78, 5) is 9.44. The number of nitrogens with zero attached hydrogens (tertiary/aromatic N) is 2. The SMILES string of the molecule is Cc1[nH]cnc1CNCc1ccc(N(C)C)cc1. The Labute approximate surface area is 108 Å². The highest BCUT2D eigenvalue weighted by Gasteiger charge is 2.00. The van der Waals surface area contributed by atoms with Gasteiger partial charge in [0.15, 0.2) is 0 Å². The van der Waals surface area contributed by atoms with E-state index >= 15 is 0 Å². The van der Waals surface area contributed by atoms with Crippen LogP contribution in [0.4, 0.5) is 5.69 Å². The van der Waals surface area contributed by atoms with E-state index in [1.165, 1.54) is 11.3 Å². The third-order valence-electron chi connectivity index (χ3n) is 3.01. The van der Waals surface area contributed by atoms with Gasteiger partial charge in [-0.1, -0.05) is 12.1 Å². The second kappa shape index (κ2) is 5.69. The van der Waals surface area contributed by atoms with Gasteiger partial charge in [0.25, 0.3) is 0 Å². The van der Waals surface area contributed by atoms with Crippen LogP contribution in [0.1, 0.15) is 17.0 Å². The molecule has 0 aliphatic rings. The molecule has 0 spiro atoms. The predicted molar refractivity (Wildman–Crippen MR) is 74.6 cm³/mol. The lowest BCUT2D eigenvalue weighted by Crippen LogP contribution is -2.14. The molecule has 0 bridgehead atoms. The van der Waals surface area contributed by atoms with E-state index in [1.807, 2.05) is 21.0 Å². The fourth-order valence-electron chi connectivity index (χ4n) is 1.80. The van der Waals surface area contributed by atoms with Gasteiger partial charge in [-0.15, -0.1) is 0 Å². The topological polar surface area (TPSA) is 44.0 Å². The first-order chi connectivity index (χ1) is 8.66. The summed E-state index contributed by atoms with van der Waals surface area (Å²) in [5.41, 5.74) is 4.72. The lowest BCUT2D eigenvalue weighted by atomic mass is 10.2. The van der Waals surface area contributed by atoms with Gasteiger partial charge in [-0.25, -0.2) is 4.98 Å². The summed E-state index contributed by atoms with van der Waals surface area (Å²) in [6, 6.07) is 8.58. The second-order valence-electron chi connectivity index (χ2n) is 4.64. The molecule has 0 radical (unpaired) electrons. The number of H-pyrrole nitrogens is 1. The van der Waals surface area contributed by atoms with Crippen molar-refractivity contribution in [3.05, 3.63) is 47.5 Å². The maximum absolute atomic E-state index is 4.26. The first-order valence-corrected chi connectivity index (χ1v) is 6.12. The van der Waals surface area contributed by atoms with Gasteiger partial charge < -0.3 is 15.2 Å². The molecule has 0 amide bonds. The van der Waals surface area contributed by atoms with Crippen LogP contribution in [0.3, 0.4) is 0 Å². The average molecular weight is 244 g/mol. The van der Waals surface area contributed by atoms with E-state index in [0.717, 1.165) is 24.5 Å². The number of rotatable bonds is 5. The van der Waals surface area contributed by atoms with Crippen molar-refractivity contribution in [1.82, 2.24) is 15.3 Å². The van der Waals surface area contributed by atoms with Gasteiger partial charge in [0.05, 0.1) is 12.0 Å². The third-order valence-corrected chi connectivity index (χ3v) is 3.01. The number of anilines is 1. The molecule has 1 heterocycles. The van der Waals surface area contributed by atoms with Gasteiger partial charge in [-0.05, 0) is 24.6 Å². The lowest BCUT2D eigenvalue weighted by Gasteiger charge is -2.12. The molecule has 1 aromatic heterocycles. The number of aryl methyl sites for hydroxylation is 1.